The first-order valence-corrected chi connectivity index (χ1v) is 7.99. The van der Waals surface area contributed by atoms with E-state index < -0.39 is 0 Å². The second kappa shape index (κ2) is 5.33. The molecule has 2 fully saturated rings. The SMILES string of the molecule is Cc1cc(N2CCN3CCCCC3C2)c(Br)cc1N. The van der Waals surface area contributed by atoms with E-state index in [1.165, 1.54) is 43.6 Å². The summed E-state index contributed by atoms with van der Waals surface area (Å²) in [6.07, 6.45) is 4.11. The number of nitrogens with zero attached hydrogens (tertiary/aromatic N) is 2. The summed E-state index contributed by atoms with van der Waals surface area (Å²) < 4.78 is 1.12. The Hall–Kier alpha value is -0.740. The molecule has 3 rings (SSSR count). The van der Waals surface area contributed by atoms with Crippen LogP contribution in [0, 0.1) is 6.92 Å². The zero-order chi connectivity index (χ0) is 13.4. The summed E-state index contributed by atoms with van der Waals surface area (Å²) in [7, 11) is 0. The predicted octanol–water partition coefficient (Wildman–Crippen LogP) is 3.01. The van der Waals surface area contributed by atoms with Crippen LogP contribution in [0.15, 0.2) is 16.6 Å². The first-order valence-electron chi connectivity index (χ1n) is 7.20. The van der Waals surface area contributed by atoms with Gasteiger partial charge in [0.05, 0.1) is 5.69 Å². The molecule has 0 radical (unpaired) electrons. The largest absolute Gasteiger partial charge is 0.398 e. The van der Waals surface area contributed by atoms with Crippen LogP contribution in [0.1, 0.15) is 24.8 Å². The molecule has 2 aliphatic heterocycles. The number of anilines is 2. The first kappa shape index (κ1) is 13.3. The van der Waals surface area contributed by atoms with E-state index in [0.717, 1.165) is 29.3 Å². The Morgan fingerprint density at radius 2 is 2.05 bits per heavy atom. The van der Waals surface area contributed by atoms with Gasteiger partial charge in [-0.15, -0.1) is 0 Å². The number of hydrogen-bond donors (Lipinski definition) is 1. The lowest BCUT2D eigenvalue weighted by molar-refractivity contribution is 0.133. The van der Waals surface area contributed by atoms with Crippen molar-refractivity contribution in [2.45, 2.75) is 32.2 Å². The Bertz CT molecular complexity index is 475. The van der Waals surface area contributed by atoms with Gasteiger partial charge in [-0.25, -0.2) is 0 Å². The number of nitrogens with two attached hydrogens (primary N) is 1. The van der Waals surface area contributed by atoms with Crippen molar-refractivity contribution in [3.63, 3.8) is 0 Å². The molecule has 0 spiro atoms. The fourth-order valence-corrected chi connectivity index (χ4v) is 3.91. The summed E-state index contributed by atoms with van der Waals surface area (Å²) in [5.74, 6) is 0. The second-order valence-corrected chi connectivity index (χ2v) is 6.65. The van der Waals surface area contributed by atoms with Gasteiger partial charge in [0.15, 0.2) is 0 Å². The van der Waals surface area contributed by atoms with Crippen LogP contribution < -0.4 is 10.6 Å². The lowest BCUT2D eigenvalue weighted by Gasteiger charge is -2.45. The normalized spacial score (nSPS) is 24.3. The van der Waals surface area contributed by atoms with Crippen LogP contribution in [-0.2, 0) is 0 Å². The van der Waals surface area contributed by atoms with Gasteiger partial charge in [0.25, 0.3) is 0 Å². The number of benzene rings is 1. The smallest absolute Gasteiger partial charge is 0.0515 e. The Morgan fingerprint density at radius 3 is 2.89 bits per heavy atom. The number of rotatable bonds is 1. The molecule has 1 aromatic carbocycles. The fourth-order valence-electron chi connectivity index (χ4n) is 3.30. The van der Waals surface area contributed by atoms with Crippen molar-refractivity contribution >= 4 is 27.3 Å². The van der Waals surface area contributed by atoms with Gasteiger partial charge in [-0.05, 0) is 59.9 Å². The number of piperazine rings is 1. The molecule has 1 unspecified atom stereocenters. The number of fused-ring (bicyclic) bond motifs is 1. The molecule has 3 nitrogen and oxygen atoms in total. The van der Waals surface area contributed by atoms with Crippen molar-refractivity contribution in [3.8, 4) is 0 Å². The lowest BCUT2D eigenvalue weighted by atomic mass is 9.99. The van der Waals surface area contributed by atoms with Crippen molar-refractivity contribution in [2.75, 3.05) is 36.8 Å². The van der Waals surface area contributed by atoms with Gasteiger partial charge in [-0.1, -0.05) is 6.42 Å². The summed E-state index contributed by atoms with van der Waals surface area (Å²) in [5, 5.41) is 0. The molecule has 2 saturated heterocycles. The minimum Gasteiger partial charge on any atom is -0.398 e. The highest BCUT2D eigenvalue weighted by atomic mass is 79.9. The third kappa shape index (κ3) is 2.61. The van der Waals surface area contributed by atoms with Crippen molar-refractivity contribution in [1.82, 2.24) is 4.90 Å². The summed E-state index contributed by atoms with van der Waals surface area (Å²) in [4.78, 5) is 5.18. The van der Waals surface area contributed by atoms with Crippen LogP contribution in [-0.4, -0.2) is 37.1 Å². The summed E-state index contributed by atoms with van der Waals surface area (Å²) in [6.45, 7) is 6.85. The fraction of sp³-hybridized carbons (Fsp3) is 0.600. The molecule has 0 saturated carbocycles. The molecule has 0 amide bonds. The van der Waals surface area contributed by atoms with Gasteiger partial charge in [0, 0.05) is 35.8 Å². The topological polar surface area (TPSA) is 32.5 Å². The van der Waals surface area contributed by atoms with E-state index in [2.05, 4.69) is 38.7 Å². The molecule has 4 heteroatoms. The van der Waals surface area contributed by atoms with Crippen LogP contribution in [0.4, 0.5) is 11.4 Å². The molecule has 2 aliphatic rings. The van der Waals surface area contributed by atoms with Gasteiger partial charge in [-0.2, -0.15) is 0 Å². The van der Waals surface area contributed by atoms with Gasteiger partial charge in [0.1, 0.15) is 0 Å². The zero-order valence-corrected chi connectivity index (χ0v) is 13.1. The van der Waals surface area contributed by atoms with E-state index >= 15 is 0 Å². The Morgan fingerprint density at radius 1 is 1.21 bits per heavy atom. The van der Waals surface area contributed by atoms with Gasteiger partial charge in [0.2, 0.25) is 0 Å². The van der Waals surface area contributed by atoms with E-state index in [1.54, 1.807) is 0 Å². The van der Waals surface area contributed by atoms with E-state index in [1.807, 2.05) is 6.07 Å². The van der Waals surface area contributed by atoms with Crippen LogP contribution >= 0.6 is 15.9 Å². The van der Waals surface area contributed by atoms with Crippen molar-refractivity contribution in [3.05, 3.63) is 22.2 Å². The maximum absolute atomic E-state index is 5.97. The van der Waals surface area contributed by atoms with E-state index in [4.69, 9.17) is 5.73 Å². The van der Waals surface area contributed by atoms with E-state index in [-0.39, 0.29) is 0 Å². The second-order valence-electron chi connectivity index (χ2n) is 5.79. The van der Waals surface area contributed by atoms with Crippen molar-refractivity contribution in [1.29, 1.82) is 0 Å². The van der Waals surface area contributed by atoms with E-state index in [0.29, 0.717) is 0 Å². The maximum Gasteiger partial charge on any atom is 0.0515 e. The highest BCUT2D eigenvalue weighted by molar-refractivity contribution is 9.10. The van der Waals surface area contributed by atoms with Gasteiger partial charge >= 0.3 is 0 Å². The molecule has 19 heavy (non-hydrogen) atoms. The molecule has 1 atom stereocenters. The monoisotopic (exact) mass is 323 g/mol. The third-order valence-electron chi connectivity index (χ3n) is 4.51. The molecule has 0 aliphatic carbocycles. The molecule has 0 aromatic heterocycles. The number of aryl methyl sites for hydroxylation is 1. The summed E-state index contributed by atoms with van der Waals surface area (Å²) in [6, 6.07) is 5.00. The molecule has 2 N–H and O–H groups in total. The minimum atomic E-state index is 0.743. The highest BCUT2D eigenvalue weighted by Gasteiger charge is 2.29. The maximum atomic E-state index is 5.97. The quantitative estimate of drug-likeness (QED) is 0.806. The Labute approximate surface area is 123 Å². The highest BCUT2D eigenvalue weighted by Crippen LogP contribution is 2.33. The standard InChI is InChI=1S/C15H22BrN3/c1-11-8-15(13(16)9-14(11)17)19-7-6-18-5-3-2-4-12(18)10-19/h8-9,12H,2-7,10,17H2,1H3. The number of hydrogen-bond acceptors (Lipinski definition) is 3. The minimum absolute atomic E-state index is 0.743. The Balaban J connectivity index is 1.81. The molecule has 0 bridgehead atoms. The molecular formula is C15H22BrN3. The van der Waals surface area contributed by atoms with Crippen LogP contribution in [0.25, 0.3) is 0 Å². The van der Waals surface area contributed by atoms with Crippen LogP contribution in [0.5, 0.6) is 0 Å². The molecular weight excluding hydrogens is 302 g/mol. The van der Waals surface area contributed by atoms with Crippen LogP contribution in [0.2, 0.25) is 0 Å². The molecule has 1 aromatic rings. The van der Waals surface area contributed by atoms with Crippen molar-refractivity contribution in [2.24, 2.45) is 0 Å². The predicted molar refractivity (Wildman–Crippen MR) is 84.7 cm³/mol. The number of halogens is 1. The van der Waals surface area contributed by atoms with Gasteiger partial charge in [-0.3, -0.25) is 4.90 Å². The number of nitrogen functional groups attached to an aromatic ring is 1. The first-order chi connectivity index (χ1) is 9.15. The summed E-state index contributed by atoms with van der Waals surface area (Å²) >= 11 is 3.67. The number of piperidine rings is 1. The Kier molecular flexibility index (Phi) is 3.72. The van der Waals surface area contributed by atoms with Gasteiger partial charge < -0.3 is 10.6 Å². The third-order valence-corrected chi connectivity index (χ3v) is 5.15. The lowest BCUT2D eigenvalue weighted by Crippen LogP contribution is -2.55. The molecule has 2 heterocycles. The summed E-state index contributed by atoms with van der Waals surface area (Å²) in [5.41, 5.74) is 9.31. The molecule has 104 valence electrons. The average Bonchev–Trinajstić information content (AvgIpc) is 2.42. The van der Waals surface area contributed by atoms with Crippen molar-refractivity contribution < 1.29 is 0 Å². The van der Waals surface area contributed by atoms with Crippen LogP contribution in [0.3, 0.4) is 0 Å². The van der Waals surface area contributed by atoms with E-state index in [9.17, 15) is 0 Å². The average molecular weight is 324 g/mol. The zero-order valence-electron chi connectivity index (χ0n) is 11.5.